The SMILES string of the molecule is c1ccc(-c2ccc(-c3ccccc3)c(N(c3ccc(-c4cccc5c4c4ccccc4n5-c4ccccc4)cc3)c3cccc4c3oc3ccccc34)c2)cc1. The highest BCUT2D eigenvalue weighted by molar-refractivity contribution is 6.16. The van der Waals surface area contributed by atoms with Crippen LogP contribution in [-0.2, 0) is 0 Å². The number of nitrogens with zero attached hydrogens (tertiary/aromatic N) is 2. The maximum absolute atomic E-state index is 6.74. The summed E-state index contributed by atoms with van der Waals surface area (Å²) in [5.74, 6) is 0. The molecule has 0 N–H and O–H groups in total. The lowest BCUT2D eigenvalue weighted by Gasteiger charge is -2.29. The largest absolute Gasteiger partial charge is 0.454 e. The topological polar surface area (TPSA) is 21.3 Å². The van der Waals surface area contributed by atoms with E-state index < -0.39 is 0 Å². The van der Waals surface area contributed by atoms with Crippen LogP contribution in [0.5, 0.6) is 0 Å². The van der Waals surface area contributed by atoms with E-state index in [0.29, 0.717) is 0 Å². The summed E-state index contributed by atoms with van der Waals surface area (Å²) >= 11 is 0. The number of hydrogen-bond acceptors (Lipinski definition) is 2. The summed E-state index contributed by atoms with van der Waals surface area (Å²) in [6.45, 7) is 0. The zero-order valence-electron chi connectivity index (χ0n) is 31.1. The third kappa shape index (κ3) is 5.51. The fourth-order valence-electron chi connectivity index (χ4n) is 8.61. The number of para-hydroxylation sites is 4. The summed E-state index contributed by atoms with van der Waals surface area (Å²) < 4.78 is 9.12. The van der Waals surface area contributed by atoms with Crippen molar-refractivity contribution in [1.82, 2.24) is 4.57 Å². The molecule has 0 fully saturated rings. The van der Waals surface area contributed by atoms with E-state index in [2.05, 4.69) is 222 Å². The van der Waals surface area contributed by atoms with Crippen molar-refractivity contribution in [2.75, 3.05) is 4.90 Å². The molecule has 0 atom stereocenters. The number of benzene rings is 9. The number of hydrogen-bond donors (Lipinski definition) is 0. The standard InChI is InChI=1S/C54H36N2O/c1-4-16-37(17-5-1)40-32-35-43(38-18-6-2-7-19-38)51(36-40)56(50-28-15-25-46-45-22-11-13-29-52(45)57-54(46)50)42-33-30-39(31-34-42)44-24-14-27-49-53(44)47-23-10-12-26-48(47)55(49)41-20-8-3-9-21-41/h1-36H. The second-order valence-corrected chi connectivity index (χ2v) is 14.5. The van der Waals surface area contributed by atoms with Crippen LogP contribution in [-0.4, -0.2) is 4.57 Å². The molecular formula is C54H36N2O. The van der Waals surface area contributed by atoms with Crippen molar-refractivity contribution in [3.63, 3.8) is 0 Å². The Labute approximate surface area is 330 Å². The first-order valence-electron chi connectivity index (χ1n) is 19.4. The Balaban J connectivity index is 1.14. The minimum absolute atomic E-state index is 0.852. The van der Waals surface area contributed by atoms with E-state index in [0.717, 1.165) is 66.9 Å². The molecule has 0 bridgehead atoms. The molecule has 0 saturated carbocycles. The fourth-order valence-corrected chi connectivity index (χ4v) is 8.61. The molecule has 0 unspecified atom stereocenters. The van der Waals surface area contributed by atoms with Gasteiger partial charge in [0.25, 0.3) is 0 Å². The van der Waals surface area contributed by atoms with Gasteiger partial charge in [-0.2, -0.15) is 0 Å². The molecule has 3 nitrogen and oxygen atoms in total. The highest BCUT2D eigenvalue weighted by atomic mass is 16.3. The monoisotopic (exact) mass is 728 g/mol. The average Bonchev–Trinajstić information content (AvgIpc) is 3.84. The zero-order valence-corrected chi connectivity index (χ0v) is 31.1. The van der Waals surface area contributed by atoms with Gasteiger partial charge in [-0.1, -0.05) is 164 Å². The highest BCUT2D eigenvalue weighted by Gasteiger charge is 2.23. The van der Waals surface area contributed by atoms with Crippen LogP contribution in [0.1, 0.15) is 0 Å². The summed E-state index contributed by atoms with van der Waals surface area (Å²) in [5.41, 5.74) is 15.3. The van der Waals surface area contributed by atoms with E-state index in [1.54, 1.807) is 0 Å². The molecule has 2 aromatic heterocycles. The predicted molar refractivity (Wildman–Crippen MR) is 239 cm³/mol. The second-order valence-electron chi connectivity index (χ2n) is 14.5. The van der Waals surface area contributed by atoms with E-state index in [1.807, 2.05) is 6.07 Å². The lowest BCUT2D eigenvalue weighted by molar-refractivity contribution is 0.669. The van der Waals surface area contributed by atoms with Gasteiger partial charge in [-0.15, -0.1) is 0 Å². The molecule has 11 rings (SSSR count). The molecule has 3 heteroatoms. The number of rotatable bonds is 7. The summed E-state index contributed by atoms with van der Waals surface area (Å²) in [6, 6.07) is 78.0. The van der Waals surface area contributed by atoms with Crippen molar-refractivity contribution < 1.29 is 4.42 Å². The Hall–Kier alpha value is -7.62. The van der Waals surface area contributed by atoms with Crippen molar-refractivity contribution >= 4 is 60.8 Å². The van der Waals surface area contributed by atoms with Crippen LogP contribution in [0.25, 0.3) is 82.8 Å². The first-order chi connectivity index (χ1) is 28.3. The number of anilines is 3. The van der Waals surface area contributed by atoms with Crippen molar-refractivity contribution in [2.45, 2.75) is 0 Å². The van der Waals surface area contributed by atoms with Gasteiger partial charge in [-0.3, -0.25) is 0 Å². The normalized spacial score (nSPS) is 11.5. The van der Waals surface area contributed by atoms with Gasteiger partial charge in [0, 0.05) is 38.5 Å². The van der Waals surface area contributed by atoms with Gasteiger partial charge < -0.3 is 13.9 Å². The van der Waals surface area contributed by atoms with Crippen LogP contribution < -0.4 is 4.90 Å². The van der Waals surface area contributed by atoms with E-state index in [1.165, 1.54) is 32.9 Å². The molecule has 0 aliphatic heterocycles. The third-order valence-electron chi connectivity index (χ3n) is 11.2. The van der Waals surface area contributed by atoms with Crippen molar-refractivity contribution in [2.24, 2.45) is 0 Å². The van der Waals surface area contributed by atoms with Gasteiger partial charge >= 0.3 is 0 Å². The summed E-state index contributed by atoms with van der Waals surface area (Å²) in [5, 5.41) is 4.68. The molecule has 0 aliphatic carbocycles. The first kappa shape index (κ1) is 32.8. The maximum atomic E-state index is 6.74. The Bertz CT molecular complexity index is 3220. The van der Waals surface area contributed by atoms with Gasteiger partial charge in [-0.05, 0) is 82.4 Å². The van der Waals surface area contributed by atoms with Crippen LogP contribution in [0.4, 0.5) is 17.1 Å². The molecule has 0 saturated heterocycles. The van der Waals surface area contributed by atoms with E-state index >= 15 is 0 Å². The molecule has 2 heterocycles. The third-order valence-corrected chi connectivity index (χ3v) is 11.2. The van der Waals surface area contributed by atoms with E-state index in [4.69, 9.17) is 4.42 Å². The summed E-state index contributed by atoms with van der Waals surface area (Å²) in [7, 11) is 0. The molecular weight excluding hydrogens is 693 g/mol. The highest BCUT2D eigenvalue weighted by Crippen LogP contribution is 2.47. The number of aromatic nitrogens is 1. The van der Waals surface area contributed by atoms with Crippen molar-refractivity contribution in [1.29, 1.82) is 0 Å². The Morgan fingerprint density at radius 3 is 1.75 bits per heavy atom. The van der Waals surface area contributed by atoms with Crippen LogP contribution in [0.3, 0.4) is 0 Å². The number of fused-ring (bicyclic) bond motifs is 6. The Morgan fingerprint density at radius 1 is 0.368 bits per heavy atom. The smallest absolute Gasteiger partial charge is 0.159 e. The predicted octanol–water partition coefficient (Wildman–Crippen LogP) is 15.2. The van der Waals surface area contributed by atoms with Gasteiger partial charge in [0.15, 0.2) is 5.58 Å². The van der Waals surface area contributed by atoms with Gasteiger partial charge in [0.05, 0.1) is 22.4 Å². The van der Waals surface area contributed by atoms with Gasteiger partial charge in [0.2, 0.25) is 0 Å². The van der Waals surface area contributed by atoms with Gasteiger partial charge in [-0.25, -0.2) is 0 Å². The number of furan rings is 1. The second kappa shape index (κ2) is 13.6. The van der Waals surface area contributed by atoms with Crippen molar-refractivity contribution in [3.05, 3.63) is 218 Å². The fraction of sp³-hybridized carbons (Fsp3) is 0. The van der Waals surface area contributed by atoms with E-state index in [-0.39, 0.29) is 0 Å². The first-order valence-corrected chi connectivity index (χ1v) is 19.4. The molecule has 268 valence electrons. The molecule has 11 aromatic rings. The lowest BCUT2D eigenvalue weighted by Crippen LogP contribution is -2.12. The van der Waals surface area contributed by atoms with Crippen LogP contribution in [0.2, 0.25) is 0 Å². The van der Waals surface area contributed by atoms with Crippen LogP contribution in [0, 0.1) is 0 Å². The molecule has 0 amide bonds. The molecule has 0 aliphatic rings. The minimum Gasteiger partial charge on any atom is -0.454 e. The molecule has 0 spiro atoms. The Kier molecular flexibility index (Phi) is 7.82. The molecule has 0 radical (unpaired) electrons. The summed E-state index contributed by atoms with van der Waals surface area (Å²) in [6.07, 6.45) is 0. The minimum atomic E-state index is 0.852. The van der Waals surface area contributed by atoms with Gasteiger partial charge in [0.1, 0.15) is 5.58 Å². The van der Waals surface area contributed by atoms with Crippen LogP contribution in [0.15, 0.2) is 223 Å². The zero-order chi connectivity index (χ0) is 37.7. The van der Waals surface area contributed by atoms with Crippen LogP contribution >= 0.6 is 0 Å². The van der Waals surface area contributed by atoms with E-state index in [9.17, 15) is 0 Å². The summed E-state index contributed by atoms with van der Waals surface area (Å²) in [4.78, 5) is 2.38. The van der Waals surface area contributed by atoms with Crippen molar-refractivity contribution in [3.8, 4) is 39.1 Å². The Morgan fingerprint density at radius 2 is 0.965 bits per heavy atom. The lowest BCUT2D eigenvalue weighted by atomic mass is 9.96. The molecule has 9 aromatic carbocycles. The average molecular weight is 729 g/mol. The molecule has 57 heavy (non-hydrogen) atoms. The maximum Gasteiger partial charge on any atom is 0.159 e. The quantitative estimate of drug-likeness (QED) is 0.163.